The van der Waals surface area contributed by atoms with Gasteiger partial charge in [0.15, 0.2) is 5.71 Å². The average molecular weight is 938 g/mol. The van der Waals surface area contributed by atoms with E-state index in [0.717, 1.165) is 45.3 Å². The van der Waals surface area contributed by atoms with Crippen LogP contribution in [0.15, 0.2) is 161 Å². The van der Waals surface area contributed by atoms with Gasteiger partial charge in [0.2, 0.25) is 0 Å². The van der Waals surface area contributed by atoms with Gasteiger partial charge in [0.25, 0.3) is 0 Å². The van der Waals surface area contributed by atoms with Crippen LogP contribution in [0.1, 0.15) is 61.4 Å². The van der Waals surface area contributed by atoms with E-state index in [0.29, 0.717) is 0 Å². The number of nitrogens with zero attached hydrogens (tertiary/aromatic N) is 1. The molecule has 0 amide bonds. The fraction of sp³-hybridized carbons (Fsp3) is 0.200. The van der Waals surface area contributed by atoms with Crippen molar-refractivity contribution < 1.29 is 49.0 Å². The molecule has 1 aliphatic heterocycles. The van der Waals surface area contributed by atoms with Crippen LogP contribution in [0.3, 0.4) is 0 Å². The first kappa shape index (κ1) is 57.4. The maximum atomic E-state index is 9.67. The van der Waals surface area contributed by atoms with E-state index in [9.17, 15) is 25.9 Å². The van der Waals surface area contributed by atoms with E-state index >= 15 is 0 Å². The Kier molecular flexibility index (Phi) is 22.9. The van der Waals surface area contributed by atoms with E-state index in [4.69, 9.17) is 9.15 Å². The number of benzene rings is 4. The first-order chi connectivity index (χ1) is 31.2. The summed E-state index contributed by atoms with van der Waals surface area (Å²) in [5.41, 5.74) is 19.7. The molecule has 1 aliphatic carbocycles. The summed E-state index contributed by atoms with van der Waals surface area (Å²) in [5.74, 6) is 3.53. The van der Waals surface area contributed by atoms with Crippen LogP contribution >= 0.6 is 0 Å². The fourth-order valence-electron chi connectivity index (χ4n) is 6.69. The van der Waals surface area contributed by atoms with Gasteiger partial charge in [-0.25, -0.2) is 8.99 Å². The van der Waals surface area contributed by atoms with Crippen LogP contribution < -0.4 is 9.41 Å². The van der Waals surface area contributed by atoms with Crippen LogP contribution in [-0.4, -0.2) is 39.5 Å². The number of ether oxygens (including phenoxy) is 1. The van der Waals surface area contributed by atoms with E-state index in [1.165, 1.54) is 66.9 Å². The van der Waals surface area contributed by atoms with Crippen molar-refractivity contribution in [3.8, 4) is 22.5 Å². The number of rotatable bonds is 6. The standard InChI is InChI=1S/C33H34NO.C22H23O.2BF3.2FH/c1-23-11-15-28(19-25(23)3)30-21-32(35-33(22-30)29-16-12-24(2)26(4)20-29)10-8-7-9-27-13-17-31(18-14-27)34(5)6;1-14-6-8-19(10-16(14)3)21-12-18(5)23-22(13-21)20-9-7-15(2)17(4)11-20;2*2-1(3)4;;/h7-22H,1-6H3;6-13H,1-5H3;;;2*1H/q2*+1;;;;/p-2. The van der Waals surface area contributed by atoms with E-state index in [1.807, 2.05) is 19.1 Å². The van der Waals surface area contributed by atoms with Gasteiger partial charge in [-0.3, -0.25) is 25.9 Å². The van der Waals surface area contributed by atoms with Crippen LogP contribution in [0.25, 0.3) is 33.8 Å². The molecule has 0 saturated heterocycles. The molecule has 0 saturated carbocycles. The van der Waals surface area contributed by atoms with Gasteiger partial charge in [0.05, 0.1) is 18.6 Å². The molecule has 0 N–H and O–H groups in total. The van der Waals surface area contributed by atoms with Gasteiger partial charge in [-0.2, -0.15) is 0 Å². The number of hydrogen-bond acceptors (Lipinski definition) is 1. The zero-order valence-electron chi connectivity index (χ0n) is 40.3. The van der Waals surface area contributed by atoms with Crippen LogP contribution in [0.4, 0.5) is 25.9 Å². The first-order valence-corrected chi connectivity index (χ1v) is 21.4. The molecule has 1 aromatic heterocycles. The summed E-state index contributed by atoms with van der Waals surface area (Å²) in [6.07, 6.45) is 21.0. The zero-order valence-corrected chi connectivity index (χ0v) is 40.3. The maximum absolute atomic E-state index is 9.67. The fourth-order valence-corrected chi connectivity index (χ4v) is 6.69. The largest absolute Gasteiger partial charge is 1.00 e. The van der Waals surface area contributed by atoms with E-state index < -0.39 is 15.1 Å². The summed E-state index contributed by atoms with van der Waals surface area (Å²) in [4.78, 5) is 0. The SMILES string of the molecule is Cc1cc(-c2ccc(C)c(C)c2)cc(-c2ccc(C)c(C)c2)[o+]1.Cc1ccc(C2=CC(=CC=CC=C3C=CC(=[N+](C)C)C=C3)OC(c3ccc(C)c(C)c3)=C2)cc1C.FB(F)F.FB(F)F.[F-].[F-]. The highest BCUT2D eigenvalue weighted by Crippen LogP contribution is 2.34. The highest BCUT2D eigenvalue weighted by Gasteiger charge is 2.18. The van der Waals surface area contributed by atoms with Gasteiger partial charge >= 0.3 is 26.6 Å². The predicted molar refractivity (Wildman–Crippen MR) is 265 cm³/mol. The number of aryl methyl sites for hydroxylation is 9. The smallest absolute Gasteiger partial charge is 0.762 e. The lowest BCUT2D eigenvalue weighted by atomic mass is 9.96. The molecule has 0 unspecified atom stereocenters. The second-order valence-corrected chi connectivity index (χ2v) is 16.3. The molecule has 2 heterocycles. The Morgan fingerprint density at radius 2 is 0.897 bits per heavy atom. The molecule has 7 rings (SSSR count). The Bertz CT molecular complexity index is 2680. The van der Waals surface area contributed by atoms with E-state index in [2.05, 4.69) is 208 Å². The van der Waals surface area contributed by atoms with Gasteiger partial charge in [-0.15, -0.1) is 0 Å². The lowest BCUT2D eigenvalue weighted by Crippen LogP contribution is -3.00. The molecule has 0 radical (unpaired) electrons. The molecule has 13 heteroatoms. The van der Waals surface area contributed by atoms with E-state index in [-0.39, 0.29) is 9.41 Å². The summed E-state index contributed by atoms with van der Waals surface area (Å²) in [7, 11) is -3.23. The minimum atomic E-state index is -3.67. The topological polar surface area (TPSA) is 23.5 Å². The minimum absolute atomic E-state index is 0. The van der Waals surface area contributed by atoms with Crippen molar-refractivity contribution in [3.63, 3.8) is 0 Å². The van der Waals surface area contributed by atoms with Gasteiger partial charge in [0, 0.05) is 29.3 Å². The molecule has 2 aliphatic rings. The quantitative estimate of drug-likeness (QED) is 0.0734. The van der Waals surface area contributed by atoms with Crippen LogP contribution in [-0.2, 0) is 4.74 Å². The van der Waals surface area contributed by atoms with E-state index in [1.54, 1.807) is 0 Å². The lowest BCUT2D eigenvalue weighted by Gasteiger charge is -2.19. The average Bonchev–Trinajstić information content (AvgIpc) is 3.26. The van der Waals surface area contributed by atoms with Gasteiger partial charge in [-0.05, 0) is 171 Å². The lowest BCUT2D eigenvalue weighted by molar-refractivity contribution is -0.462. The highest BCUT2D eigenvalue weighted by molar-refractivity contribution is 6.33. The van der Waals surface area contributed by atoms with Crippen molar-refractivity contribution in [1.29, 1.82) is 0 Å². The molecule has 0 spiro atoms. The Labute approximate surface area is 397 Å². The normalized spacial score (nSPS) is 12.9. The predicted octanol–water partition coefficient (Wildman–Crippen LogP) is 9.78. The molecule has 356 valence electrons. The van der Waals surface area contributed by atoms with Crippen molar-refractivity contribution >= 4 is 32.1 Å². The third kappa shape index (κ3) is 17.8. The molecule has 68 heavy (non-hydrogen) atoms. The van der Waals surface area contributed by atoms with Crippen molar-refractivity contribution in [2.75, 3.05) is 14.1 Å². The Hall–Kier alpha value is -6.75. The van der Waals surface area contributed by atoms with Gasteiger partial charge < -0.3 is 14.1 Å². The molecule has 0 fully saturated rings. The third-order valence-electron chi connectivity index (χ3n) is 11.1. The summed E-state index contributed by atoms with van der Waals surface area (Å²) in [6.45, 7) is 19.2. The Morgan fingerprint density at radius 1 is 0.471 bits per heavy atom. The second kappa shape index (κ2) is 27.2. The van der Waals surface area contributed by atoms with Crippen LogP contribution in [0, 0.1) is 62.3 Å². The van der Waals surface area contributed by atoms with Gasteiger partial charge in [-0.1, -0.05) is 72.8 Å². The monoisotopic (exact) mass is 937 g/mol. The second-order valence-electron chi connectivity index (χ2n) is 16.3. The molecule has 0 bridgehead atoms. The van der Waals surface area contributed by atoms with Crippen LogP contribution in [0.2, 0.25) is 0 Å². The Balaban J connectivity index is 0.000000414. The van der Waals surface area contributed by atoms with Crippen molar-refractivity contribution in [2.45, 2.75) is 62.3 Å². The third-order valence-corrected chi connectivity index (χ3v) is 11.1. The summed E-state index contributed by atoms with van der Waals surface area (Å²) < 4.78 is 72.4. The molecule has 4 aromatic carbocycles. The minimum Gasteiger partial charge on any atom is -1.00 e. The molecular weight excluding hydrogens is 880 g/mol. The Morgan fingerprint density at radius 3 is 1.40 bits per heavy atom. The maximum Gasteiger partial charge on any atom is 0.762 e. The summed E-state index contributed by atoms with van der Waals surface area (Å²) in [6, 6.07) is 30.4. The molecular formula is C55H57B2F8NO2. The van der Waals surface area contributed by atoms with Crippen LogP contribution in [0.5, 0.6) is 0 Å². The van der Waals surface area contributed by atoms with Gasteiger partial charge in [0.1, 0.15) is 25.6 Å². The number of allylic oxidation sites excluding steroid dienone is 12. The first-order valence-electron chi connectivity index (χ1n) is 21.4. The van der Waals surface area contributed by atoms with Crippen molar-refractivity contribution in [2.24, 2.45) is 0 Å². The molecule has 0 atom stereocenters. The van der Waals surface area contributed by atoms with Crippen molar-refractivity contribution in [3.05, 3.63) is 218 Å². The summed E-state index contributed by atoms with van der Waals surface area (Å²) in [5, 5.41) is 0. The van der Waals surface area contributed by atoms with Crippen molar-refractivity contribution in [1.82, 2.24) is 0 Å². The zero-order chi connectivity index (χ0) is 48.7. The highest BCUT2D eigenvalue weighted by atomic mass is 19.4. The molecule has 3 nitrogen and oxygen atoms in total. The number of halogens is 8. The summed E-state index contributed by atoms with van der Waals surface area (Å²) >= 11 is 0. The number of hydrogen-bond donors (Lipinski definition) is 0. The molecule has 5 aromatic rings.